The molecule has 0 aliphatic heterocycles. The zero-order valence-corrected chi connectivity index (χ0v) is 11.4. The van der Waals surface area contributed by atoms with Crippen molar-refractivity contribution >= 4 is 11.6 Å². The van der Waals surface area contributed by atoms with Gasteiger partial charge in [0.05, 0.1) is 0 Å². The van der Waals surface area contributed by atoms with Crippen LogP contribution in [0.3, 0.4) is 0 Å². The second-order valence-electron chi connectivity index (χ2n) is 4.44. The second-order valence-corrected chi connectivity index (χ2v) is 4.44. The number of benzene rings is 2. The van der Waals surface area contributed by atoms with Gasteiger partial charge in [0.2, 0.25) is 0 Å². The third-order valence-corrected chi connectivity index (χ3v) is 2.84. The molecule has 0 aromatic heterocycles. The topological polar surface area (TPSA) is 9.23 Å². The molecule has 2 aromatic carbocycles. The maximum absolute atomic E-state index is 5.92. The predicted molar refractivity (Wildman–Crippen MR) is 82.4 cm³/mol. The number of hydrogen-bond donors (Lipinski definition) is 0. The van der Waals surface area contributed by atoms with E-state index in [1.54, 1.807) is 0 Å². The molecule has 0 saturated carbocycles. The SMILES string of the molecule is C=C(C)c1ccc(Oc2ccccc2/C=C\C)cc1. The van der Waals surface area contributed by atoms with Gasteiger partial charge in [-0.1, -0.05) is 54.6 Å². The van der Waals surface area contributed by atoms with Crippen molar-refractivity contribution in [2.75, 3.05) is 0 Å². The van der Waals surface area contributed by atoms with Crippen molar-refractivity contribution in [2.45, 2.75) is 13.8 Å². The van der Waals surface area contributed by atoms with Crippen LogP contribution in [0.25, 0.3) is 11.6 Å². The maximum atomic E-state index is 5.92. The summed E-state index contributed by atoms with van der Waals surface area (Å²) in [6, 6.07) is 16.0. The lowest BCUT2D eigenvalue weighted by atomic mass is 10.1. The van der Waals surface area contributed by atoms with Gasteiger partial charge in [0.15, 0.2) is 0 Å². The monoisotopic (exact) mass is 250 g/mol. The van der Waals surface area contributed by atoms with Gasteiger partial charge in [-0.15, -0.1) is 0 Å². The van der Waals surface area contributed by atoms with Gasteiger partial charge in [-0.2, -0.15) is 0 Å². The van der Waals surface area contributed by atoms with Crippen LogP contribution in [0.15, 0.2) is 61.2 Å². The molecule has 0 saturated heterocycles. The van der Waals surface area contributed by atoms with Crippen molar-refractivity contribution < 1.29 is 4.74 Å². The third-order valence-electron chi connectivity index (χ3n) is 2.84. The molecule has 0 heterocycles. The van der Waals surface area contributed by atoms with Crippen LogP contribution >= 0.6 is 0 Å². The summed E-state index contributed by atoms with van der Waals surface area (Å²) in [6.07, 6.45) is 4.05. The first-order chi connectivity index (χ1) is 9.20. The fraction of sp³-hybridized carbons (Fsp3) is 0.111. The zero-order valence-electron chi connectivity index (χ0n) is 11.4. The van der Waals surface area contributed by atoms with E-state index in [-0.39, 0.29) is 0 Å². The van der Waals surface area contributed by atoms with Crippen LogP contribution in [0.5, 0.6) is 11.5 Å². The Morgan fingerprint density at radius 1 is 1.05 bits per heavy atom. The highest BCUT2D eigenvalue weighted by Gasteiger charge is 2.02. The highest BCUT2D eigenvalue weighted by atomic mass is 16.5. The highest BCUT2D eigenvalue weighted by Crippen LogP contribution is 2.27. The molecule has 0 bridgehead atoms. The molecule has 0 spiro atoms. The normalized spacial score (nSPS) is 10.6. The summed E-state index contributed by atoms with van der Waals surface area (Å²) in [6.45, 7) is 7.92. The summed E-state index contributed by atoms with van der Waals surface area (Å²) >= 11 is 0. The van der Waals surface area contributed by atoms with Gasteiger partial charge in [0, 0.05) is 5.56 Å². The Morgan fingerprint density at radius 2 is 1.74 bits per heavy atom. The van der Waals surface area contributed by atoms with E-state index in [0.29, 0.717) is 0 Å². The summed E-state index contributed by atoms with van der Waals surface area (Å²) in [5.74, 6) is 1.70. The average Bonchev–Trinajstić information content (AvgIpc) is 2.42. The van der Waals surface area contributed by atoms with Crippen molar-refractivity contribution in [3.8, 4) is 11.5 Å². The Balaban J connectivity index is 2.23. The Kier molecular flexibility index (Phi) is 4.19. The third kappa shape index (κ3) is 3.35. The quantitative estimate of drug-likeness (QED) is 0.691. The fourth-order valence-electron chi connectivity index (χ4n) is 1.83. The van der Waals surface area contributed by atoms with Crippen molar-refractivity contribution in [1.82, 2.24) is 0 Å². The number of ether oxygens (including phenoxy) is 1. The lowest BCUT2D eigenvalue weighted by Gasteiger charge is -2.09. The van der Waals surface area contributed by atoms with Crippen molar-refractivity contribution in [3.05, 3.63) is 72.3 Å². The van der Waals surface area contributed by atoms with Crippen LogP contribution in [0, 0.1) is 0 Å². The first kappa shape index (κ1) is 13.2. The molecular formula is C18H18O. The molecule has 0 radical (unpaired) electrons. The molecule has 2 aromatic rings. The molecule has 19 heavy (non-hydrogen) atoms. The minimum atomic E-state index is 0.835. The Morgan fingerprint density at radius 3 is 2.37 bits per heavy atom. The van der Waals surface area contributed by atoms with Gasteiger partial charge in [-0.25, -0.2) is 0 Å². The standard InChI is InChI=1S/C18H18O/c1-4-7-16-8-5-6-9-18(16)19-17-12-10-15(11-13-17)14(2)3/h4-13H,2H2,1,3H3/b7-4-. The van der Waals surface area contributed by atoms with Crippen LogP contribution in [-0.2, 0) is 0 Å². The van der Waals surface area contributed by atoms with Gasteiger partial charge in [0.25, 0.3) is 0 Å². The van der Waals surface area contributed by atoms with E-state index in [2.05, 4.69) is 6.58 Å². The van der Waals surface area contributed by atoms with Gasteiger partial charge in [-0.3, -0.25) is 0 Å². The van der Waals surface area contributed by atoms with Crippen LogP contribution in [0.4, 0.5) is 0 Å². The molecule has 2 rings (SSSR count). The molecule has 0 amide bonds. The second kappa shape index (κ2) is 6.05. The molecule has 1 nitrogen and oxygen atoms in total. The molecule has 0 fully saturated rings. The van der Waals surface area contributed by atoms with Crippen LogP contribution in [-0.4, -0.2) is 0 Å². The van der Waals surface area contributed by atoms with Crippen LogP contribution < -0.4 is 4.74 Å². The first-order valence-corrected chi connectivity index (χ1v) is 6.36. The van der Waals surface area contributed by atoms with E-state index < -0.39 is 0 Å². The van der Waals surface area contributed by atoms with Crippen LogP contribution in [0.2, 0.25) is 0 Å². The molecular weight excluding hydrogens is 232 g/mol. The molecule has 1 heteroatoms. The zero-order chi connectivity index (χ0) is 13.7. The summed E-state index contributed by atoms with van der Waals surface area (Å²) in [4.78, 5) is 0. The molecule has 0 N–H and O–H groups in total. The van der Waals surface area contributed by atoms with E-state index in [4.69, 9.17) is 4.74 Å². The number of para-hydroxylation sites is 1. The van der Waals surface area contributed by atoms with Gasteiger partial charge >= 0.3 is 0 Å². The number of allylic oxidation sites excluding steroid dienone is 2. The fourth-order valence-corrected chi connectivity index (χ4v) is 1.83. The minimum absolute atomic E-state index is 0.835. The summed E-state index contributed by atoms with van der Waals surface area (Å²) in [5.41, 5.74) is 3.27. The largest absolute Gasteiger partial charge is 0.457 e. The van der Waals surface area contributed by atoms with Gasteiger partial charge in [0.1, 0.15) is 11.5 Å². The van der Waals surface area contributed by atoms with Crippen molar-refractivity contribution in [2.24, 2.45) is 0 Å². The Hall–Kier alpha value is -2.28. The molecule has 0 atom stereocenters. The number of hydrogen-bond acceptors (Lipinski definition) is 1. The molecule has 96 valence electrons. The van der Waals surface area contributed by atoms with Gasteiger partial charge < -0.3 is 4.74 Å². The number of rotatable bonds is 4. The predicted octanol–water partition coefficient (Wildman–Crippen LogP) is 5.55. The van der Waals surface area contributed by atoms with Gasteiger partial charge in [-0.05, 0) is 37.6 Å². The lowest BCUT2D eigenvalue weighted by molar-refractivity contribution is 0.481. The van der Waals surface area contributed by atoms with E-state index in [1.165, 1.54) is 0 Å². The molecule has 0 aliphatic carbocycles. The van der Waals surface area contributed by atoms with Crippen molar-refractivity contribution in [3.63, 3.8) is 0 Å². The average molecular weight is 250 g/mol. The maximum Gasteiger partial charge on any atom is 0.134 e. The highest BCUT2D eigenvalue weighted by molar-refractivity contribution is 5.62. The van der Waals surface area contributed by atoms with Crippen molar-refractivity contribution in [1.29, 1.82) is 0 Å². The summed E-state index contributed by atoms with van der Waals surface area (Å²) in [5, 5.41) is 0. The molecule has 0 aliphatic rings. The Bertz CT molecular complexity index is 591. The van der Waals surface area contributed by atoms with Crippen LogP contribution in [0.1, 0.15) is 25.0 Å². The smallest absolute Gasteiger partial charge is 0.134 e. The van der Waals surface area contributed by atoms with E-state index in [1.807, 2.05) is 74.5 Å². The summed E-state index contributed by atoms with van der Waals surface area (Å²) < 4.78 is 5.92. The lowest BCUT2D eigenvalue weighted by Crippen LogP contribution is -1.87. The van der Waals surface area contributed by atoms with E-state index >= 15 is 0 Å². The first-order valence-electron chi connectivity index (χ1n) is 6.36. The van der Waals surface area contributed by atoms with E-state index in [9.17, 15) is 0 Å². The molecule has 0 unspecified atom stereocenters. The summed E-state index contributed by atoms with van der Waals surface area (Å²) in [7, 11) is 0. The van der Waals surface area contributed by atoms with E-state index in [0.717, 1.165) is 28.2 Å². The minimum Gasteiger partial charge on any atom is -0.457 e. The Labute approximate surface area is 114 Å².